The minimum Gasteiger partial charge on any atom is -0.393 e. The molecule has 7 nitrogen and oxygen atoms in total. The van der Waals surface area contributed by atoms with E-state index in [1.54, 1.807) is 52.0 Å². The maximum atomic E-state index is 12.9. The van der Waals surface area contributed by atoms with E-state index in [-0.39, 0.29) is 25.2 Å². The van der Waals surface area contributed by atoms with Crippen LogP contribution in [0.4, 0.5) is 0 Å². The second-order valence-corrected chi connectivity index (χ2v) is 14.5. The number of allylic oxidation sites excluding steroid dienone is 14. The number of hydrogen-bond acceptors (Lipinski definition) is 7. The monoisotopic (exact) mass is 646 g/mol. The van der Waals surface area contributed by atoms with Gasteiger partial charge in [0.15, 0.2) is 11.6 Å². The van der Waals surface area contributed by atoms with Crippen LogP contribution in [0.2, 0.25) is 0 Å². The number of aliphatic hydroxyl groups is 5. The largest absolute Gasteiger partial charge is 0.393 e. The van der Waals surface area contributed by atoms with Gasteiger partial charge in [0, 0.05) is 12.0 Å². The average Bonchev–Trinajstić information content (AvgIpc) is 2.93. The van der Waals surface area contributed by atoms with Crippen molar-refractivity contribution in [2.24, 2.45) is 10.8 Å². The number of carbonyl (C=O) groups is 2. The summed E-state index contributed by atoms with van der Waals surface area (Å²) in [6, 6.07) is 0. The van der Waals surface area contributed by atoms with Gasteiger partial charge in [0.25, 0.3) is 0 Å². The van der Waals surface area contributed by atoms with Gasteiger partial charge in [0.1, 0.15) is 11.7 Å². The van der Waals surface area contributed by atoms with E-state index < -0.39 is 40.0 Å². The van der Waals surface area contributed by atoms with Crippen molar-refractivity contribution in [1.29, 1.82) is 0 Å². The zero-order valence-electron chi connectivity index (χ0n) is 29.5. The molecule has 2 rings (SSSR count). The highest BCUT2D eigenvalue weighted by atomic mass is 16.3. The fourth-order valence-corrected chi connectivity index (χ4v) is 6.37. The molecule has 0 amide bonds. The van der Waals surface area contributed by atoms with Gasteiger partial charge < -0.3 is 25.5 Å². The van der Waals surface area contributed by atoms with Gasteiger partial charge in [-0.1, -0.05) is 99.6 Å². The van der Waals surface area contributed by atoms with E-state index in [1.807, 2.05) is 70.2 Å². The summed E-state index contributed by atoms with van der Waals surface area (Å²) in [7, 11) is 0. The smallest absolute Gasteiger partial charge is 0.196 e. The topological polar surface area (TPSA) is 135 Å². The van der Waals surface area contributed by atoms with Crippen LogP contribution < -0.4 is 0 Å². The molecule has 0 unspecified atom stereocenters. The van der Waals surface area contributed by atoms with Gasteiger partial charge in [0.2, 0.25) is 0 Å². The summed E-state index contributed by atoms with van der Waals surface area (Å²) in [5.41, 5.74) is 3.05. The van der Waals surface area contributed by atoms with Crippen LogP contribution in [-0.4, -0.2) is 67.1 Å². The molecule has 0 radical (unpaired) electrons. The summed E-state index contributed by atoms with van der Waals surface area (Å²) in [6.07, 6.45) is 20.7. The van der Waals surface area contributed by atoms with Crippen molar-refractivity contribution in [3.8, 4) is 0 Å². The minimum absolute atomic E-state index is 0.141. The number of ketones is 2. The van der Waals surface area contributed by atoms with Gasteiger partial charge in [-0.3, -0.25) is 9.59 Å². The van der Waals surface area contributed by atoms with Gasteiger partial charge in [-0.15, -0.1) is 5.73 Å². The predicted octanol–water partition coefficient (Wildman–Crippen LogP) is 6.03. The Morgan fingerprint density at radius 3 is 1.89 bits per heavy atom. The van der Waals surface area contributed by atoms with Gasteiger partial charge in [-0.2, -0.15) is 0 Å². The van der Waals surface area contributed by atoms with Crippen molar-refractivity contribution in [1.82, 2.24) is 0 Å². The highest BCUT2D eigenvalue weighted by Crippen LogP contribution is 2.46. The lowest BCUT2D eigenvalue weighted by molar-refractivity contribution is -0.148. The van der Waals surface area contributed by atoms with Crippen molar-refractivity contribution in [3.05, 3.63) is 112 Å². The summed E-state index contributed by atoms with van der Waals surface area (Å²) in [5.74, 6) is -1.01. The lowest BCUT2D eigenvalue weighted by atomic mass is 9.64. The Morgan fingerprint density at radius 1 is 0.809 bits per heavy atom. The first kappa shape index (κ1) is 39.8. The molecule has 256 valence electrons. The quantitative estimate of drug-likeness (QED) is 0.111. The zero-order chi connectivity index (χ0) is 35.8. The standard InChI is InChI=1S/C40H54O7/c1-27(16-12-18-29(3)32(43)22-35-38(6,7)25-33(44)36(45)40(35,9)47)14-10-11-15-28(2)17-13-19-30(26-41)20-21-34-37(4,5)23-31(42)24-39(34,8)46/h10-20,22,31,33,41-42,44,46-47H,23-26H2,1-9H3/b11-10+,16-12+,17-13+,27-14+,28-15+,29-18+,30-19-,35-22+/t21?,31-,33-,39+,40-/m0/s1. The Bertz CT molecular complexity index is 1490. The number of hydrogen-bond donors (Lipinski definition) is 5. The molecule has 0 aliphatic heterocycles. The Morgan fingerprint density at radius 2 is 1.36 bits per heavy atom. The molecule has 7 heteroatoms. The molecule has 0 spiro atoms. The van der Waals surface area contributed by atoms with Gasteiger partial charge in [-0.25, -0.2) is 0 Å². The van der Waals surface area contributed by atoms with Crippen molar-refractivity contribution >= 4 is 11.6 Å². The highest BCUT2D eigenvalue weighted by Gasteiger charge is 2.51. The third kappa shape index (κ3) is 11.1. The van der Waals surface area contributed by atoms with Crippen LogP contribution >= 0.6 is 0 Å². The average molecular weight is 647 g/mol. The van der Waals surface area contributed by atoms with Gasteiger partial charge >= 0.3 is 0 Å². The van der Waals surface area contributed by atoms with Crippen LogP contribution in [0.5, 0.6) is 0 Å². The van der Waals surface area contributed by atoms with Crippen LogP contribution in [0.25, 0.3) is 0 Å². The maximum absolute atomic E-state index is 12.9. The van der Waals surface area contributed by atoms with Crippen LogP contribution in [0.15, 0.2) is 112 Å². The predicted molar refractivity (Wildman–Crippen MR) is 188 cm³/mol. The lowest BCUT2D eigenvalue weighted by Gasteiger charge is -2.43. The number of carbonyl (C=O) groups excluding carboxylic acids is 2. The van der Waals surface area contributed by atoms with E-state index in [2.05, 4.69) is 5.73 Å². The molecule has 2 saturated carbocycles. The Balaban J connectivity index is 2.05. The lowest BCUT2D eigenvalue weighted by Crippen LogP contribution is -2.54. The Hall–Kier alpha value is -3.42. The number of rotatable bonds is 10. The molecule has 2 aliphatic carbocycles. The van der Waals surface area contributed by atoms with Crippen LogP contribution in [0.3, 0.4) is 0 Å². The first-order valence-electron chi connectivity index (χ1n) is 16.1. The molecule has 0 heterocycles. The molecule has 0 aromatic heterocycles. The van der Waals surface area contributed by atoms with Crippen molar-refractivity contribution in [3.63, 3.8) is 0 Å². The Labute approximate surface area is 280 Å². The second kappa shape index (κ2) is 16.1. The van der Waals surface area contributed by atoms with Gasteiger partial charge in [-0.05, 0) is 87.2 Å². The molecule has 0 aromatic rings. The van der Waals surface area contributed by atoms with E-state index in [0.717, 1.165) is 11.1 Å². The van der Waals surface area contributed by atoms with E-state index >= 15 is 0 Å². The first-order chi connectivity index (χ1) is 21.6. The van der Waals surface area contributed by atoms with Crippen LogP contribution in [0.1, 0.15) is 81.6 Å². The van der Waals surface area contributed by atoms with Crippen LogP contribution in [-0.2, 0) is 9.59 Å². The van der Waals surface area contributed by atoms with E-state index in [1.165, 1.54) is 13.0 Å². The summed E-state index contributed by atoms with van der Waals surface area (Å²) in [6.45, 7) is 15.9. The first-order valence-corrected chi connectivity index (χ1v) is 16.1. The SMILES string of the molecule is CC(/C=C/C=C(/C=C=C1C(C)(C)C[C@H](O)C[C@@]1(C)O)CO)=C\C=C\C=C(C)\C=C\C=C(/C)C(=O)/C=C1\C(C)(C)C[C@H](O)C(=O)[C@@]1(C)O. The molecular formula is C40H54O7. The Kier molecular flexibility index (Phi) is 13.6. The summed E-state index contributed by atoms with van der Waals surface area (Å²) >= 11 is 0. The van der Waals surface area contributed by atoms with E-state index in [0.29, 0.717) is 28.7 Å². The molecule has 4 atom stereocenters. The van der Waals surface area contributed by atoms with Crippen molar-refractivity contribution in [2.75, 3.05) is 6.61 Å². The third-order valence-corrected chi connectivity index (χ3v) is 8.79. The van der Waals surface area contributed by atoms with E-state index in [4.69, 9.17) is 0 Å². The van der Waals surface area contributed by atoms with Gasteiger partial charge in [0.05, 0.1) is 18.3 Å². The maximum Gasteiger partial charge on any atom is 0.196 e. The fraction of sp³-hybridized carbons (Fsp3) is 0.475. The molecule has 0 bridgehead atoms. The molecule has 5 N–H and O–H groups in total. The van der Waals surface area contributed by atoms with Crippen molar-refractivity contribution in [2.45, 2.75) is 105 Å². The minimum atomic E-state index is -1.90. The molecular weight excluding hydrogens is 592 g/mol. The van der Waals surface area contributed by atoms with Crippen molar-refractivity contribution < 1.29 is 35.1 Å². The van der Waals surface area contributed by atoms with E-state index in [9.17, 15) is 35.1 Å². The summed E-state index contributed by atoms with van der Waals surface area (Å²) in [4.78, 5) is 25.2. The normalized spacial score (nSPS) is 30.1. The number of Topliss-reactive ketones (excluding diaryl/α,β-unsaturated/α-hetero) is 1. The molecule has 0 saturated heterocycles. The fourth-order valence-electron chi connectivity index (χ4n) is 6.37. The molecule has 2 fully saturated rings. The highest BCUT2D eigenvalue weighted by molar-refractivity contribution is 6.06. The number of aliphatic hydroxyl groups excluding tert-OH is 3. The molecule has 2 aliphatic rings. The zero-order valence-corrected chi connectivity index (χ0v) is 29.5. The summed E-state index contributed by atoms with van der Waals surface area (Å²) < 4.78 is 0. The summed E-state index contributed by atoms with van der Waals surface area (Å²) in [5, 5.41) is 51.6. The second-order valence-electron chi connectivity index (χ2n) is 14.5. The van der Waals surface area contributed by atoms with Crippen LogP contribution in [0, 0.1) is 10.8 Å². The molecule has 47 heavy (non-hydrogen) atoms. The molecule has 0 aromatic carbocycles. The third-order valence-electron chi connectivity index (χ3n) is 8.79.